The van der Waals surface area contributed by atoms with Gasteiger partial charge in [-0.05, 0) is 54.8 Å². The van der Waals surface area contributed by atoms with Crippen molar-refractivity contribution in [2.45, 2.75) is 13.8 Å². The molecule has 8 heteroatoms. The molecule has 34 heavy (non-hydrogen) atoms. The van der Waals surface area contributed by atoms with Crippen LogP contribution in [0.25, 0.3) is 5.57 Å². The molecule has 0 saturated heterocycles. The van der Waals surface area contributed by atoms with Crippen molar-refractivity contribution >= 4 is 28.8 Å². The van der Waals surface area contributed by atoms with E-state index < -0.39 is 23.4 Å². The van der Waals surface area contributed by atoms with E-state index in [2.05, 4.69) is 5.32 Å². The molecule has 172 valence electrons. The first-order valence-electron chi connectivity index (χ1n) is 10.7. The molecule has 0 atom stereocenters. The molecule has 0 aromatic heterocycles. The second-order valence-corrected chi connectivity index (χ2v) is 8.08. The van der Waals surface area contributed by atoms with E-state index in [-0.39, 0.29) is 17.0 Å². The number of aryl methyl sites for hydroxylation is 2. The van der Waals surface area contributed by atoms with Crippen molar-refractivity contribution in [1.82, 2.24) is 0 Å². The van der Waals surface area contributed by atoms with Crippen molar-refractivity contribution in [3.63, 3.8) is 0 Å². The van der Waals surface area contributed by atoms with Crippen LogP contribution in [-0.4, -0.2) is 25.0 Å². The largest absolute Gasteiger partial charge is 0.486 e. The average Bonchev–Trinajstić information content (AvgIpc) is 3.07. The number of hydrogen-bond donors (Lipinski definition) is 1. The second kappa shape index (κ2) is 8.30. The normalized spacial score (nSPS) is 15.2. The molecule has 3 aromatic carbocycles. The highest BCUT2D eigenvalue weighted by atomic mass is 19.2. The summed E-state index contributed by atoms with van der Waals surface area (Å²) in [6.45, 7) is 4.69. The van der Waals surface area contributed by atoms with Crippen molar-refractivity contribution in [3.8, 4) is 11.5 Å². The Hall–Kier alpha value is -4.20. The van der Waals surface area contributed by atoms with E-state index in [1.165, 1.54) is 6.07 Å². The van der Waals surface area contributed by atoms with Crippen LogP contribution in [0.1, 0.15) is 16.7 Å². The topological polar surface area (TPSA) is 67.9 Å². The number of carbonyl (C=O) groups excluding carboxylic acids is 2. The molecule has 0 bridgehead atoms. The SMILES string of the molecule is Cc1ccc(C2=C(Nc3ccc4c(c3)OCCO4)C(=O)N(c3ccc(F)c(F)c3)C2=O)cc1C. The van der Waals surface area contributed by atoms with Crippen LogP contribution in [0.15, 0.2) is 60.3 Å². The molecule has 0 saturated carbocycles. The molecule has 2 aliphatic heterocycles. The molecule has 2 aliphatic rings. The molecule has 2 amide bonds. The van der Waals surface area contributed by atoms with Crippen LogP contribution in [0, 0.1) is 25.5 Å². The van der Waals surface area contributed by atoms with Gasteiger partial charge < -0.3 is 14.8 Å². The zero-order chi connectivity index (χ0) is 24.0. The minimum Gasteiger partial charge on any atom is -0.486 e. The third-order valence-corrected chi connectivity index (χ3v) is 5.85. The molecule has 6 nitrogen and oxygen atoms in total. The van der Waals surface area contributed by atoms with E-state index in [0.717, 1.165) is 28.2 Å². The van der Waals surface area contributed by atoms with E-state index in [4.69, 9.17) is 9.47 Å². The Labute approximate surface area is 194 Å². The highest BCUT2D eigenvalue weighted by Crippen LogP contribution is 2.37. The van der Waals surface area contributed by atoms with Gasteiger partial charge in [-0.15, -0.1) is 0 Å². The monoisotopic (exact) mass is 462 g/mol. The zero-order valence-electron chi connectivity index (χ0n) is 18.4. The van der Waals surface area contributed by atoms with Gasteiger partial charge in [-0.1, -0.05) is 18.2 Å². The predicted molar refractivity (Wildman–Crippen MR) is 123 cm³/mol. The van der Waals surface area contributed by atoms with Gasteiger partial charge in [0, 0.05) is 17.8 Å². The number of ether oxygens (including phenoxy) is 2. The molecular formula is C26H20F2N2O4. The zero-order valence-corrected chi connectivity index (χ0v) is 18.4. The second-order valence-electron chi connectivity index (χ2n) is 8.08. The van der Waals surface area contributed by atoms with Gasteiger partial charge in [-0.3, -0.25) is 9.59 Å². The van der Waals surface area contributed by atoms with Gasteiger partial charge in [-0.25, -0.2) is 13.7 Å². The number of nitrogens with one attached hydrogen (secondary N) is 1. The molecule has 5 rings (SSSR count). The average molecular weight is 462 g/mol. The Morgan fingerprint density at radius 3 is 2.29 bits per heavy atom. The minimum atomic E-state index is -1.15. The van der Waals surface area contributed by atoms with Crippen molar-refractivity contribution in [2.24, 2.45) is 0 Å². The quantitative estimate of drug-likeness (QED) is 0.567. The summed E-state index contributed by atoms with van der Waals surface area (Å²) in [6, 6.07) is 13.4. The van der Waals surface area contributed by atoms with Crippen LogP contribution in [-0.2, 0) is 9.59 Å². The van der Waals surface area contributed by atoms with Crippen molar-refractivity contribution in [1.29, 1.82) is 0 Å². The number of imide groups is 1. The first kappa shape index (κ1) is 21.6. The van der Waals surface area contributed by atoms with E-state index in [1.54, 1.807) is 24.3 Å². The van der Waals surface area contributed by atoms with Gasteiger partial charge >= 0.3 is 0 Å². The Kier molecular flexibility index (Phi) is 5.28. The number of rotatable bonds is 4. The third kappa shape index (κ3) is 3.67. The summed E-state index contributed by atoms with van der Waals surface area (Å²) in [5.74, 6) is -2.45. The molecule has 1 N–H and O–H groups in total. The van der Waals surface area contributed by atoms with Crippen LogP contribution in [0.4, 0.5) is 20.2 Å². The summed E-state index contributed by atoms with van der Waals surface area (Å²) in [6.07, 6.45) is 0. The standard InChI is InChI=1S/C26H20F2N2O4/c1-14-3-4-16(11-15(14)2)23-24(29-17-5-8-21-22(12-17)34-10-9-33-21)26(32)30(25(23)31)18-6-7-19(27)20(28)13-18/h3-8,11-13,29H,9-10H2,1-2H3. The van der Waals surface area contributed by atoms with Gasteiger partial charge in [0.25, 0.3) is 11.8 Å². The Bertz CT molecular complexity index is 1380. The van der Waals surface area contributed by atoms with Crippen molar-refractivity contribution < 1.29 is 27.8 Å². The number of amides is 2. The summed E-state index contributed by atoms with van der Waals surface area (Å²) >= 11 is 0. The van der Waals surface area contributed by atoms with Crippen LogP contribution >= 0.6 is 0 Å². The minimum absolute atomic E-state index is 0.0228. The summed E-state index contributed by atoms with van der Waals surface area (Å²) < 4.78 is 38.6. The summed E-state index contributed by atoms with van der Waals surface area (Å²) in [5.41, 5.74) is 3.10. The lowest BCUT2D eigenvalue weighted by atomic mass is 9.99. The van der Waals surface area contributed by atoms with Crippen LogP contribution < -0.4 is 19.7 Å². The summed E-state index contributed by atoms with van der Waals surface area (Å²) in [7, 11) is 0. The molecular weight excluding hydrogens is 442 g/mol. The van der Waals surface area contributed by atoms with Gasteiger partial charge in [-0.2, -0.15) is 0 Å². The number of carbonyl (C=O) groups is 2. The Balaban J connectivity index is 1.61. The molecule has 3 aromatic rings. The maximum Gasteiger partial charge on any atom is 0.282 e. The fraction of sp³-hybridized carbons (Fsp3) is 0.154. The number of anilines is 2. The number of nitrogens with zero attached hydrogens (tertiary/aromatic N) is 1. The first-order valence-corrected chi connectivity index (χ1v) is 10.7. The Morgan fingerprint density at radius 1 is 0.794 bits per heavy atom. The van der Waals surface area contributed by atoms with E-state index in [1.807, 2.05) is 26.0 Å². The number of fused-ring (bicyclic) bond motifs is 1. The van der Waals surface area contributed by atoms with Crippen molar-refractivity contribution in [2.75, 3.05) is 23.4 Å². The van der Waals surface area contributed by atoms with E-state index in [0.29, 0.717) is 36.0 Å². The van der Waals surface area contributed by atoms with Crippen LogP contribution in [0.5, 0.6) is 11.5 Å². The van der Waals surface area contributed by atoms with Gasteiger partial charge in [0.05, 0.1) is 11.3 Å². The highest BCUT2D eigenvalue weighted by Gasteiger charge is 2.40. The number of hydrogen-bond acceptors (Lipinski definition) is 5. The van der Waals surface area contributed by atoms with Crippen LogP contribution in [0.3, 0.4) is 0 Å². The maximum atomic E-state index is 13.9. The molecule has 2 heterocycles. The van der Waals surface area contributed by atoms with E-state index >= 15 is 0 Å². The highest BCUT2D eigenvalue weighted by molar-refractivity contribution is 6.46. The van der Waals surface area contributed by atoms with E-state index in [9.17, 15) is 18.4 Å². The summed E-state index contributed by atoms with van der Waals surface area (Å²) in [5, 5.41) is 3.04. The number of benzene rings is 3. The van der Waals surface area contributed by atoms with Crippen molar-refractivity contribution in [3.05, 3.63) is 88.6 Å². The van der Waals surface area contributed by atoms with Gasteiger partial charge in [0.1, 0.15) is 18.9 Å². The molecule has 0 spiro atoms. The first-order chi connectivity index (χ1) is 16.3. The predicted octanol–water partition coefficient (Wildman–Crippen LogP) is 4.75. The Morgan fingerprint density at radius 2 is 1.56 bits per heavy atom. The fourth-order valence-corrected chi connectivity index (χ4v) is 3.93. The molecule has 0 aliphatic carbocycles. The summed E-state index contributed by atoms with van der Waals surface area (Å²) in [4.78, 5) is 27.8. The fourth-order valence-electron chi connectivity index (χ4n) is 3.93. The van der Waals surface area contributed by atoms with Crippen LogP contribution in [0.2, 0.25) is 0 Å². The smallest absolute Gasteiger partial charge is 0.282 e. The lowest BCUT2D eigenvalue weighted by Crippen LogP contribution is -2.32. The molecule has 0 fully saturated rings. The lowest BCUT2D eigenvalue weighted by molar-refractivity contribution is -0.120. The van der Waals surface area contributed by atoms with Gasteiger partial charge in [0.15, 0.2) is 23.1 Å². The lowest BCUT2D eigenvalue weighted by Gasteiger charge is -2.19. The molecule has 0 unspecified atom stereocenters. The maximum absolute atomic E-state index is 13.9. The molecule has 0 radical (unpaired) electrons. The van der Waals surface area contributed by atoms with Gasteiger partial charge in [0.2, 0.25) is 0 Å². The number of halogens is 2. The third-order valence-electron chi connectivity index (χ3n) is 5.85.